The highest BCUT2D eigenvalue weighted by atomic mass is 16.5. The summed E-state index contributed by atoms with van der Waals surface area (Å²) in [6.07, 6.45) is 0. The molecule has 0 bridgehead atoms. The fourth-order valence-electron chi connectivity index (χ4n) is 1.27. The second kappa shape index (κ2) is 4.52. The van der Waals surface area contributed by atoms with Crippen LogP contribution in [-0.2, 0) is 0 Å². The maximum atomic E-state index is 5.46. The molecule has 0 unspecified atom stereocenters. The lowest BCUT2D eigenvalue weighted by Gasteiger charge is -2.06. The number of rotatable bonds is 3. The summed E-state index contributed by atoms with van der Waals surface area (Å²) in [6.45, 7) is 0. The molecular weight excluding hydrogens is 220 g/mol. The Kier molecular flexibility index (Phi) is 2.91. The molecule has 5 N–H and O–H groups in total. The van der Waals surface area contributed by atoms with E-state index in [1.54, 1.807) is 7.11 Å². The third kappa shape index (κ3) is 2.71. The van der Waals surface area contributed by atoms with Crippen molar-refractivity contribution in [2.45, 2.75) is 0 Å². The van der Waals surface area contributed by atoms with Crippen molar-refractivity contribution in [1.29, 1.82) is 0 Å². The highest BCUT2D eigenvalue weighted by molar-refractivity contribution is 5.55. The number of aromatic nitrogens is 3. The minimum atomic E-state index is 0.0773. The molecule has 2 rings (SSSR count). The standard InChI is InChI=1S/C10H12N6O/c1-17-7-4-2-6(3-5-7)13-10-15-8(11)14-9(12)16-10/h2-5H,1H3,(H5,11,12,13,14,15,16). The average molecular weight is 232 g/mol. The molecule has 0 amide bonds. The maximum Gasteiger partial charge on any atom is 0.233 e. The maximum absolute atomic E-state index is 5.46. The van der Waals surface area contributed by atoms with E-state index in [2.05, 4.69) is 20.3 Å². The summed E-state index contributed by atoms with van der Waals surface area (Å²) in [6, 6.07) is 7.29. The minimum absolute atomic E-state index is 0.0773. The van der Waals surface area contributed by atoms with E-state index in [4.69, 9.17) is 16.2 Å². The van der Waals surface area contributed by atoms with Crippen LogP contribution in [0.1, 0.15) is 0 Å². The second-order valence-corrected chi connectivity index (χ2v) is 3.23. The van der Waals surface area contributed by atoms with Crippen LogP contribution in [0.15, 0.2) is 24.3 Å². The van der Waals surface area contributed by atoms with E-state index in [0.29, 0.717) is 5.95 Å². The molecular formula is C10H12N6O. The number of hydrogen-bond donors (Lipinski definition) is 3. The van der Waals surface area contributed by atoms with Gasteiger partial charge < -0.3 is 21.5 Å². The summed E-state index contributed by atoms with van der Waals surface area (Å²) in [4.78, 5) is 11.5. The van der Waals surface area contributed by atoms with Gasteiger partial charge in [-0.15, -0.1) is 0 Å². The first-order chi connectivity index (χ1) is 8.17. The van der Waals surface area contributed by atoms with Crippen molar-refractivity contribution in [1.82, 2.24) is 15.0 Å². The number of nitrogen functional groups attached to an aromatic ring is 2. The number of methoxy groups -OCH3 is 1. The Bertz CT molecular complexity index is 492. The van der Waals surface area contributed by atoms with Crippen molar-refractivity contribution in [2.75, 3.05) is 23.9 Å². The van der Waals surface area contributed by atoms with Crippen molar-refractivity contribution in [2.24, 2.45) is 0 Å². The van der Waals surface area contributed by atoms with E-state index in [1.807, 2.05) is 24.3 Å². The SMILES string of the molecule is COc1ccc(Nc2nc(N)nc(N)n2)cc1. The lowest BCUT2D eigenvalue weighted by Crippen LogP contribution is -2.06. The number of hydrogen-bond acceptors (Lipinski definition) is 7. The average Bonchev–Trinajstić information content (AvgIpc) is 2.28. The van der Waals surface area contributed by atoms with Gasteiger partial charge in [0.1, 0.15) is 5.75 Å². The Hall–Kier alpha value is -2.57. The van der Waals surface area contributed by atoms with Gasteiger partial charge in [-0.2, -0.15) is 15.0 Å². The van der Waals surface area contributed by atoms with Crippen LogP contribution in [0.4, 0.5) is 23.5 Å². The zero-order chi connectivity index (χ0) is 12.3. The Labute approximate surface area is 97.9 Å². The molecule has 0 aliphatic carbocycles. The fraction of sp³-hybridized carbons (Fsp3) is 0.100. The predicted molar refractivity (Wildman–Crippen MR) is 64.9 cm³/mol. The molecule has 0 radical (unpaired) electrons. The lowest BCUT2D eigenvalue weighted by atomic mass is 10.3. The molecule has 1 aromatic carbocycles. The van der Waals surface area contributed by atoms with Gasteiger partial charge in [0.2, 0.25) is 17.8 Å². The van der Waals surface area contributed by atoms with Crippen LogP contribution in [0, 0.1) is 0 Å². The van der Waals surface area contributed by atoms with Gasteiger partial charge in [-0.1, -0.05) is 0 Å². The summed E-state index contributed by atoms with van der Waals surface area (Å²) in [5.74, 6) is 1.23. The number of ether oxygens (including phenoxy) is 1. The Morgan fingerprint density at radius 3 is 2.12 bits per heavy atom. The van der Waals surface area contributed by atoms with Crippen LogP contribution in [0.3, 0.4) is 0 Å². The largest absolute Gasteiger partial charge is 0.497 e. The van der Waals surface area contributed by atoms with Crippen LogP contribution in [0.5, 0.6) is 5.75 Å². The number of nitrogens with zero attached hydrogens (tertiary/aromatic N) is 3. The van der Waals surface area contributed by atoms with E-state index >= 15 is 0 Å². The molecule has 7 nitrogen and oxygen atoms in total. The van der Waals surface area contributed by atoms with Gasteiger partial charge in [-0.3, -0.25) is 0 Å². The van der Waals surface area contributed by atoms with E-state index < -0.39 is 0 Å². The predicted octanol–water partition coefficient (Wildman–Crippen LogP) is 0.788. The molecule has 7 heteroatoms. The fourth-order valence-corrected chi connectivity index (χ4v) is 1.27. The summed E-state index contributed by atoms with van der Waals surface area (Å²) >= 11 is 0. The highest BCUT2D eigenvalue weighted by Crippen LogP contribution is 2.18. The first-order valence-corrected chi connectivity index (χ1v) is 4.85. The quantitative estimate of drug-likeness (QED) is 0.717. The molecule has 0 aliphatic rings. The van der Waals surface area contributed by atoms with Crippen LogP contribution in [0.2, 0.25) is 0 Å². The molecule has 1 aromatic heterocycles. The van der Waals surface area contributed by atoms with Crippen LogP contribution in [-0.4, -0.2) is 22.1 Å². The molecule has 0 atom stereocenters. The highest BCUT2D eigenvalue weighted by Gasteiger charge is 2.02. The monoisotopic (exact) mass is 232 g/mol. The zero-order valence-corrected chi connectivity index (χ0v) is 9.21. The van der Waals surface area contributed by atoms with Crippen molar-refractivity contribution >= 4 is 23.5 Å². The number of nitrogens with two attached hydrogens (primary N) is 2. The van der Waals surface area contributed by atoms with Crippen molar-refractivity contribution in [3.63, 3.8) is 0 Å². The van der Waals surface area contributed by atoms with Gasteiger partial charge >= 0.3 is 0 Å². The molecule has 1 heterocycles. The molecule has 0 saturated heterocycles. The molecule has 0 fully saturated rings. The third-order valence-electron chi connectivity index (χ3n) is 2.02. The van der Waals surface area contributed by atoms with E-state index in [-0.39, 0.29) is 11.9 Å². The Morgan fingerprint density at radius 2 is 1.59 bits per heavy atom. The Balaban J connectivity index is 2.19. The van der Waals surface area contributed by atoms with Gasteiger partial charge in [0, 0.05) is 5.69 Å². The van der Waals surface area contributed by atoms with Gasteiger partial charge in [0.25, 0.3) is 0 Å². The number of benzene rings is 1. The molecule has 0 spiro atoms. The lowest BCUT2D eigenvalue weighted by molar-refractivity contribution is 0.415. The smallest absolute Gasteiger partial charge is 0.233 e. The molecule has 17 heavy (non-hydrogen) atoms. The van der Waals surface area contributed by atoms with Crippen molar-refractivity contribution in [3.05, 3.63) is 24.3 Å². The zero-order valence-electron chi connectivity index (χ0n) is 9.21. The molecule has 0 aliphatic heterocycles. The number of nitrogens with one attached hydrogen (secondary N) is 1. The van der Waals surface area contributed by atoms with Gasteiger partial charge in [-0.05, 0) is 24.3 Å². The molecule has 2 aromatic rings. The second-order valence-electron chi connectivity index (χ2n) is 3.23. The van der Waals surface area contributed by atoms with Crippen LogP contribution >= 0.6 is 0 Å². The molecule has 88 valence electrons. The van der Waals surface area contributed by atoms with Gasteiger partial charge in [0.05, 0.1) is 7.11 Å². The number of anilines is 4. The normalized spacial score (nSPS) is 9.94. The van der Waals surface area contributed by atoms with E-state index in [0.717, 1.165) is 11.4 Å². The first-order valence-electron chi connectivity index (χ1n) is 4.85. The minimum Gasteiger partial charge on any atom is -0.497 e. The summed E-state index contributed by atoms with van der Waals surface area (Å²) in [5.41, 5.74) is 11.7. The van der Waals surface area contributed by atoms with Gasteiger partial charge in [0.15, 0.2) is 0 Å². The first kappa shape index (κ1) is 10.9. The van der Waals surface area contributed by atoms with Crippen LogP contribution < -0.4 is 21.5 Å². The van der Waals surface area contributed by atoms with E-state index in [9.17, 15) is 0 Å². The van der Waals surface area contributed by atoms with E-state index in [1.165, 1.54) is 0 Å². The van der Waals surface area contributed by atoms with Gasteiger partial charge in [-0.25, -0.2) is 0 Å². The topological polar surface area (TPSA) is 112 Å². The van der Waals surface area contributed by atoms with Crippen LogP contribution in [0.25, 0.3) is 0 Å². The summed E-state index contributed by atoms with van der Waals surface area (Å²) < 4.78 is 5.05. The summed E-state index contributed by atoms with van der Waals surface area (Å²) in [5, 5.41) is 2.96. The third-order valence-corrected chi connectivity index (χ3v) is 2.02. The Morgan fingerprint density at radius 1 is 1.00 bits per heavy atom. The van der Waals surface area contributed by atoms with Crippen molar-refractivity contribution in [3.8, 4) is 5.75 Å². The molecule has 0 saturated carbocycles. The van der Waals surface area contributed by atoms with Crippen molar-refractivity contribution < 1.29 is 4.74 Å². The summed E-state index contributed by atoms with van der Waals surface area (Å²) in [7, 11) is 1.61.